The highest BCUT2D eigenvalue weighted by molar-refractivity contribution is 7.22. The summed E-state index contributed by atoms with van der Waals surface area (Å²) in [5.74, 6) is -0.831. The average Bonchev–Trinajstić information content (AvgIpc) is 2.80. The van der Waals surface area contributed by atoms with Gasteiger partial charge >= 0.3 is 5.97 Å². The van der Waals surface area contributed by atoms with Gasteiger partial charge in [0.2, 0.25) is 0 Å². The Labute approximate surface area is 118 Å². The summed E-state index contributed by atoms with van der Waals surface area (Å²) < 4.78 is 0.968. The molecule has 0 spiro atoms. The van der Waals surface area contributed by atoms with Crippen LogP contribution in [0.25, 0.3) is 10.2 Å². The van der Waals surface area contributed by atoms with E-state index < -0.39 is 5.97 Å². The molecule has 3 rings (SSSR count). The molecule has 6 heteroatoms. The average molecular weight is 285 g/mol. The molecular weight excluding hydrogens is 274 g/mol. The van der Waals surface area contributed by atoms with Gasteiger partial charge in [-0.25, -0.2) is 4.98 Å². The number of benzene rings is 1. The minimum absolute atomic E-state index is 0.0270. The van der Waals surface area contributed by atoms with Gasteiger partial charge in [-0.3, -0.25) is 9.78 Å². The first-order chi connectivity index (χ1) is 9.70. The maximum atomic E-state index is 10.7. The van der Waals surface area contributed by atoms with Crippen molar-refractivity contribution in [3.63, 3.8) is 0 Å². The van der Waals surface area contributed by atoms with E-state index in [-0.39, 0.29) is 6.42 Å². The zero-order valence-corrected chi connectivity index (χ0v) is 11.2. The van der Waals surface area contributed by atoms with Crippen molar-refractivity contribution in [1.82, 2.24) is 9.97 Å². The van der Waals surface area contributed by atoms with Crippen LogP contribution in [0.15, 0.2) is 42.7 Å². The first-order valence-corrected chi connectivity index (χ1v) is 6.81. The Bertz CT molecular complexity index is 755. The van der Waals surface area contributed by atoms with E-state index >= 15 is 0 Å². The van der Waals surface area contributed by atoms with E-state index in [9.17, 15) is 4.79 Å². The van der Waals surface area contributed by atoms with Gasteiger partial charge in [-0.05, 0) is 29.8 Å². The predicted octanol–water partition coefficient (Wildman–Crippen LogP) is 3.06. The van der Waals surface area contributed by atoms with Crippen LogP contribution in [0.3, 0.4) is 0 Å². The number of carboxylic acid groups (broad SMARTS) is 1. The molecule has 2 aromatic heterocycles. The summed E-state index contributed by atoms with van der Waals surface area (Å²) in [4.78, 5) is 19.2. The van der Waals surface area contributed by atoms with Crippen molar-refractivity contribution in [3.8, 4) is 0 Å². The quantitative estimate of drug-likeness (QED) is 0.770. The fourth-order valence-electron chi connectivity index (χ4n) is 1.87. The van der Waals surface area contributed by atoms with Gasteiger partial charge in [0.25, 0.3) is 0 Å². The van der Waals surface area contributed by atoms with Gasteiger partial charge in [-0.15, -0.1) is 0 Å². The van der Waals surface area contributed by atoms with Crippen LogP contribution < -0.4 is 5.32 Å². The van der Waals surface area contributed by atoms with Crippen LogP contribution in [-0.4, -0.2) is 21.0 Å². The van der Waals surface area contributed by atoms with Crippen molar-refractivity contribution >= 4 is 38.3 Å². The number of rotatable bonds is 4. The van der Waals surface area contributed by atoms with Gasteiger partial charge in [0.1, 0.15) is 0 Å². The lowest BCUT2D eigenvalue weighted by molar-refractivity contribution is -0.136. The fraction of sp³-hybridized carbons (Fsp3) is 0.0714. The largest absolute Gasteiger partial charge is 0.481 e. The molecule has 100 valence electrons. The molecule has 0 bridgehead atoms. The van der Waals surface area contributed by atoms with E-state index in [0.29, 0.717) is 0 Å². The molecule has 1 aromatic carbocycles. The third-order valence-corrected chi connectivity index (χ3v) is 3.65. The first kappa shape index (κ1) is 12.6. The van der Waals surface area contributed by atoms with Crippen LogP contribution >= 0.6 is 11.3 Å². The highest BCUT2D eigenvalue weighted by Gasteiger charge is 2.07. The maximum Gasteiger partial charge on any atom is 0.307 e. The lowest BCUT2D eigenvalue weighted by Gasteiger charge is -1.99. The Morgan fingerprint density at radius 1 is 1.35 bits per heavy atom. The zero-order chi connectivity index (χ0) is 13.9. The molecule has 0 amide bonds. The number of carboxylic acids is 1. The second-order valence-electron chi connectivity index (χ2n) is 4.26. The summed E-state index contributed by atoms with van der Waals surface area (Å²) in [5.41, 5.74) is 2.51. The molecule has 0 saturated heterocycles. The molecule has 0 aliphatic rings. The number of aliphatic carboxylic acids is 1. The second-order valence-corrected chi connectivity index (χ2v) is 5.29. The molecule has 2 N–H and O–H groups in total. The number of nitrogens with zero attached hydrogens (tertiary/aromatic N) is 2. The second kappa shape index (κ2) is 5.26. The SMILES string of the molecule is O=C(O)Cc1ccc2nc(Nc3cccnc3)sc2c1. The summed E-state index contributed by atoms with van der Waals surface area (Å²) in [5, 5.41) is 12.8. The molecule has 3 aromatic rings. The number of thiazole rings is 1. The number of carbonyl (C=O) groups is 1. The molecule has 0 atom stereocenters. The van der Waals surface area contributed by atoms with E-state index in [1.54, 1.807) is 18.5 Å². The lowest BCUT2D eigenvalue weighted by atomic mass is 10.1. The van der Waals surface area contributed by atoms with E-state index in [4.69, 9.17) is 5.11 Å². The van der Waals surface area contributed by atoms with Crippen LogP contribution in [0.5, 0.6) is 0 Å². The van der Waals surface area contributed by atoms with E-state index in [1.807, 2.05) is 24.3 Å². The lowest BCUT2D eigenvalue weighted by Crippen LogP contribution is -1.99. The van der Waals surface area contributed by atoms with Crippen molar-refractivity contribution in [2.45, 2.75) is 6.42 Å². The van der Waals surface area contributed by atoms with Crippen molar-refractivity contribution in [2.24, 2.45) is 0 Å². The number of nitrogens with one attached hydrogen (secondary N) is 1. The maximum absolute atomic E-state index is 10.7. The first-order valence-electron chi connectivity index (χ1n) is 5.99. The molecule has 5 nitrogen and oxygen atoms in total. The van der Waals surface area contributed by atoms with Crippen LogP contribution in [0.1, 0.15) is 5.56 Å². The molecule has 0 radical (unpaired) electrons. The summed E-state index contributed by atoms with van der Waals surface area (Å²) in [6.07, 6.45) is 3.46. The van der Waals surface area contributed by atoms with Crippen molar-refractivity contribution in [2.75, 3.05) is 5.32 Å². The number of fused-ring (bicyclic) bond motifs is 1. The van der Waals surface area contributed by atoms with Gasteiger partial charge in [0.05, 0.1) is 28.5 Å². The van der Waals surface area contributed by atoms with Crippen LogP contribution in [0.4, 0.5) is 10.8 Å². The topological polar surface area (TPSA) is 75.1 Å². The highest BCUT2D eigenvalue weighted by atomic mass is 32.1. The number of hydrogen-bond donors (Lipinski definition) is 2. The predicted molar refractivity (Wildman–Crippen MR) is 78.5 cm³/mol. The van der Waals surface area contributed by atoms with Crippen molar-refractivity contribution in [1.29, 1.82) is 0 Å². The molecule has 2 heterocycles. The Balaban J connectivity index is 1.88. The molecule has 0 aliphatic carbocycles. The minimum atomic E-state index is -0.831. The minimum Gasteiger partial charge on any atom is -0.481 e. The monoisotopic (exact) mass is 285 g/mol. The number of aromatic nitrogens is 2. The third kappa shape index (κ3) is 2.75. The Morgan fingerprint density at radius 2 is 2.25 bits per heavy atom. The van der Waals surface area contributed by atoms with E-state index in [0.717, 1.165) is 26.6 Å². The van der Waals surface area contributed by atoms with Gasteiger partial charge in [0.15, 0.2) is 5.13 Å². The van der Waals surface area contributed by atoms with E-state index in [2.05, 4.69) is 15.3 Å². The Kier molecular flexibility index (Phi) is 3.30. The van der Waals surface area contributed by atoms with Crippen LogP contribution in [0.2, 0.25) is 0 Å². The molecule has 20 heavy (non-hydrogen) atoms. The zero-order valence-electron chi connectivity index (χ0n) is 10.4. The highest BCUT2D eigenvalue weighted by Crippen LogP contribution is 2.28. The summed E-state index contributed by atoms with van der Waals surface area (Å²) >= 11 is 1.49. The molecule has 0 unspecified atom stereocenters. The Morgan fingerprint density at radius 3 is 3.00 bits per heavy atom. The van der Waals surface area contributed by atoms with Crippen LogP contribution in [-0.2, 0) is 11.2 Å². The molecular formula is C14H11N3O2S. The molecule has 0 saturated carbocycles. The third-order valence-electron chi connectivity index (χ3n) is 2.72. The number of anilines is 2. The van der Waals surface area contributed by atoms with Crippen molar-refractivity contribution in [3.05, 3.63) is 48.3 Å². The fourth-order valence-corrected chi connectivity index (χ4v) is 2.82. The normalized spacial score (nSPS) is 10.6. The summed E-state index contributed by atoms with van der Waals surface area (Å²) in [7, 11) is 0. The van der Waals surface area contributed by atoms with Gasteiger partial charge in [-0.2, -0.15) is 0 Å². The number of pyridine rings is 1. The Hall–Kier alpha value is -2.47. The van der Waals surface area contributed by atoms with E-state index in [1.165, 1.54) is 11.3 Å². The smallest absolute Gasteiger partial charge is 0.307 e. The summed E-state index contributed by atoms with van der Waals surface area (Å²) in [6.45, 7) is 0. The summed E-state index contributed by atoms with van der Waals surface area (Å²) in [6, 6.07) is 9.27. The van der Waals surface area contributed by atoms with Gasteiger partial charge < -0.3 is 10.4 Å². The molecule has 0 aliphatic heterocycles. The van der Waals surface area contributed by atoms with Gasteiger partial charge in [0, 0.05) is 6.20 Å². The van der Waals surface area contributed by atoms with Gasteiger partial charge in [-0.1, -0.05) is 17.4 Å². The number of hydrogen-bond acceptors (Lipinski definition) is 5. The standard InChI is InChI=1S/C14H11N3O2S/c18-13(19)7-9-3-4-11-12(6-9)20-14(17-11)16-10-2-1-5-15-8-10/h1-6,8H,7H2,(H,16,17)(H,18,19). The van der Waals surface area contributed by atoms with Crippen molar-refractivity contribution < 1.29 is 9.90 Å². The van der Waals surface area contributed by atoms with Crippen LogP contribution in [0, 0.1) is 0 Å². The molecule has 0 fully saturated rings.